The van der Waals surface area contributed by atoms with Crippen molar-refractivity contribution in [3.8, 4) is 11.5 Å². The van der Waals surface area contributed by atoms with Crippen LogP contribution in [0.3, 0.4) is 0 Å². The zero-order valence-electron chi connectivity index (χ0n) is 12.0. The van der Waals surface area contributed by atoms with E-state index in [2.05, 4.69) is 15.5 Å². The number of halogens is 2. The largest absolute Gasteiger partial charge is 0.454 e. The molecule has 8 heteroatoms. The Labute approximate surface area is 146 Å². The van der Waals surface area contributed by atoms with Gasteiger partial charge in [-0.3, -0.25) is 4.79 Å². The highest BCUT2D eigenvalue weighted by atomic mass is 35.5. The van der Waals surface area contributed by atoms with Crippen LogP contribution in [0.4, 0.5) is 5.69 Å². The molecule has 0 aromatic heterocycles. The van der Waals surface area contributed by atoms with Gasteiger partial charge in [-0.05, 0) is 35.9 Å². The smallest absolute Gasteiger partial charge is 0.276 e. The number of hydrogen-bond acceptors (Lipinski definition) is 5. The van der Waals surface area contributed by atoms with Gasteiger partial charge in [0.15, 0.2) is 17.2 Å². The van der Waals surface area contributed by atoms with E-state index in [4.69, 9.17) is 32.7 Å². The highest BCUT2D eigenvalue weighted by Gasteiger charge is 2.28. The van der Waals surface area contributed by atoms with Gasteiger partial charge in [0.25, 0.3) is 5.91 Å². The molecule has 0 bridgehead atoms. The van der Waals surface area contributed by atoms with Gasteiger partial charge in [0, 0.05) is 10.6 Å². The Balaban J connectivity index is 1.64. The first-order chi connectivity index (χ1) is 11.6. The standard InChI is InChI=1S/C16H9Cl2N3O3/c17-9-4-10-14(11(18)5-9)20-16(22)15(10)21-19-6-8-1-2-12-13(3-8)24-7-23-12/h1-6H,7H2,(H,20,21,22). The second-order valence-corrected chi connectivity index (χ2v) is 5.91. The van der Waals surface area contributed by atoms with Crippen LogP contribution in [0.25, 0.3) is 0 Å². The van der Waals surface area contributed by atoms with Crippen LogP contribution in [0, 0.1) is 0 Å². The van der Waals surface area contributed by atoms with Crippen molar-refractivity contribution in [1.82, 2.24) is 0 Å². The molecule has 6 nitrogen and oxygen atoms in total. The highest BCUT2D eigenvalue weighted by molar-refractivity contribution is 6.56. The number of anilines is 1. The van der Waals surface area contributed by atoms with E-state index < -0.39 is 0 Å². The van der Waals surface area contributed by atoms with Gasteiger partial charge >= 0.3 is 0 Å². The lowest BCUT2D eigenvalue weighted by atomic mass is 10.1. The van der Waals surface area contributed by atoms with Crippen LogP contribution in [0.2, 0.25) is 10.0 Å². The van der Waals surface area contributed by atoms with Crippen molar-refractivity contribution in [2.75, 3.05) is 12.1 Å². The zero-order valence-corrected chi connectivity index (χ0v) is 13.6. The fourth-order valence-corrected chi connectivity index (χ4v) is 2.97. The van der Waals surface area contributed by atoms with Crippen molar-refractivity contribution >= 4 is 46.7 Å². The number of benzene rings is 2. The van der Waals surface area contributed by atoms with Crippen molar-refractivity contribution in [1.29, 1.82) is 0 Å². The Morgan fingerprint density at radius 1 is 1.12 bits per heavy atom. The molecule has 2 aliphatic rings. The molecule has 2 aliphatic heterocycles. The maximum atomic E-state index is 12.0. The van der Waals surface area contributed by atoms with Gasteiger partial charge in [0.2, 0.25) is 6.79 Å². The van der Waals surface area contributed by atoms with Crippen LogP contribution in [0.5, 0.6) is 11.5 Å². The maximum Gasteiger partial charge on any atom is 0.276 e. The summed E-state index contributed by atoms with van der Waals surface area (Å²) in [5, 5.41) is 11.4. The molecule has 1 N–H and O–H groups in total. The SMILES string of the molecule is O=C1Nc2c(Cl)cc(Cl)cc2/C1=N/N=Cc1ccc2c(c1)OCO2. The molecule has 0 fully saturated rings. The third-order valence-corrected chi connectivity index (χ3v) is 4.04. The number of ether oxygens (including phenoxy) is 2. The molecular formula is C16H9Cl2N3O3. The summed E-state index contributed by atoms with van der Waals surface area (Å²) in [6.07, 6.45) is 1.52. The van der Waals surface area contributed by atoms with Crippen LogP contribution < -0.4 is 14.8 Å². The predicted molar refractivity (Wildman–Crippen MR) is 91.8 cm³/mol. The first-order valence-corrected chi connectivity index (χ1v) is 7.69. The van der Waals surface area contributed by atoms with Crippen LogP contribution >= 0.6 is 23.2 Å². The fraction of sp³-hybridized carbons (Fsp3) is 0.0625. The topological polar surface area (TPSA) is 72.3 Å². The third-order valence-electron chi connectivity index (χ3n) is 3.52. The normalized spacial score (nSPS) is 16.8. The lowest BCUT2D eigenvalue weighted by molar-refractivity contribution is -0.110. The molecule has 0 aliphatic carbocycles. The van der Waals surface area contributed by atoms with Gasteiger partial charge in [-0.1, -0.05) is 23.2 Å². The number of carbonyl (C=O) groups is 1. The number of nitrogens with one attached hydrogen (secondary N) is 1. The molecule has 2 heterocycles. The van der Waals surface area contributed by atoms with E-state index in [1.54, 1.807) is 24.3 Å². The second-order valence-electron chi connectivity index (χ2n) is 5.07. The van der Waals surface area contributed by atoms with Crippen molar-refractivity contribution < 1.29 is 14.3 Å². The lowest BCUT2D eigenvalue weighted by Crippen LogP contribution is -2.13. The van der Waals surface area contributed by atoms with Crippen LogP contribution in [0.15, 0.2) is 40.5 Å². The second kappa shape index (κ2) is 5.81. The summed E-state index contributed by atoms with van der Waals surface area (Å²) in [6.45, 7) is 0.205. The summed E-state index contributed by atoms with van der Waals surface area (Å²) in [4.78, 5) is 12.0. The zero-order chi connectivity index (χ0) is 16.7. The van der Waals surface area contributed by atoms with Crippen LogP contribution in [0.1, 0.15) is 11.1 Å². The molecule has 1 amide bonds. The molecule has 2 aromatic carbocycles. The summed E-state index contributed by atoms with van der Waals surface area (Å²) < 4.78 is 10.5. The maximum absolute atomic E-state index is 12.0. The summed E-state index contributed by atoms with van der Waals surface area (Å²) in [7, 11) is 0. The molecule has 24 heavy (non-hydrogen) atoms. The Bertz CT molecular complexity index is 925. The molecule has 0 radical (unpaired) electrons. The van der Waals surface area contributed by atoms with E-state index in [0.29, 0.717) is 32.8 Å². The Hall–Kier alpha value is -2.57. The number of hydrogen-bond donors (Lipinski definition) is 1. The van der Waals surface area contributed by atoms with Crippen molar-refractivity contribution in [3.63, 3.8) is 0 Å². The molecule has 0 saturated heterocycles. The number of rotatable bonds is 2. The molecule has 0 spiro atoms. The number of amides is 1. The number of carbonyl (C=O) groups excluding carboxylic acids is 1. The number of nitrogens with zero attached hydrogens (tertiary/aromatic N) is 2. The fourth-order valence-electron chi connectivity index (χ4n) is 2.43. The van der Waals surface area contributed by atoms with Crippen LogP contribution in [-0.2, 0) is 4.79 Å². The van der Waals surface area contributed by atoms with Gasteiger partial charge in [-0.2, -0.15) is 5.10 Å². The first-order valence-electron chi connectivity index (χ1n) is 6.93. The van der Waals surface area contributed by atoms with Gasteiger partial charge in [-0.15, -0.1) is 5.10 Å². The predicted octanol–water partition coefficient (Wildman–Crippen LogP) is 3.50. The minimum atomic E-state index is -0.378. The molecule has 120 valence electrons. The van der Waals surface area contributed by atoms with Crippen molar-refractivity contribution in [3.05, 3.63) is 51.5 Å². The lowest BCUT2D eigenvalue weighted by Gasteiger charge is -2.01. The highest BCUT2D eigenvalue weighted by Crippen LogP contribution is 2.34. The molecule has 0 unspecified atom stereocenters. The summed E-state index contributed by atoms with van der Waals surface area (Å²) >= 11 is 12.1. The Morgan fingerprint density at radius 2 is 1.96 bits per heavy atom. The monoisotopic (exact) mass is 361 g/mol. The summed E-state index contributed by atoms with van der Waals surface area (Å²) in [6, 6.07) is 8.56. The third kappa shape index (κ3) is 2.60. The minimum absolute atomic E-state index is 0.159. The average molecular weight is 362 g/mol. The quantitative estimate of drug-likeness (QED) is 0.657. The van der Waals surface area contributed by atoms with E-state index in [-0.39, 0.29) is 18.4 Å². The van der Waals surface area contributed by atoms with Crippen molar-refractivity contribution in [2.45, 2.75) is 0 Å². The van der Waals surface area contributed by atoms with E-state index in [1.165, 1.54) is 6.21 Å². The van der Waals surface area contributed by atoms with Gasteiger partial charge in [0.1, 0.15) is 0 Å². The summed E-state index contributed by atoms with van der Waals surface area (Å²) in [5.74, 6) is 0.956. The first kappa shape index (κ1) is 15.0. The van der Waals surface area contributed by atoms with Gasteiger partial charge < -0.3 is 14.8 Å². The molecular weight excluding hydrogens is 353 g/mol. The van der Waals surface area contributed by atoms with Gasteiger partial charge in [0.05, 0.1) is 16.9 Å². The van der Waals surface area contributed by atoms with E-state index in [0.717, 1.165) is 5.56 Å². The Morgan fingerprint density at radius 3 is 2.83 bits per heavy atom. The van der Waals surface area contributed by atoms with E-state index in [1.807, 2.05) is 6.07 Å². The average Bonchev–Trinajstić information content (AvgIpc) is 3.12. The van der Waals surface area contributed by atoms with Crippen molar-refractivity contribution in [2.24, 2.45) is 10.2 Å². The minimum Gasteiger partial charge on any atom is -0.454 e. The van der Waals surface area contributed by atoms with Crippen LogP contribution in [-0.4, -0.2) is 24.6 Å². The summed E-state index contributed by atoms with van der Waals surface area (Å²) in [5.41, 5.74) is 1.95. The molecule has 4 rings (SSSR count). The Kier molecular flexibility index (Phi) is 3.63. The molecule has 2 aromatic rings. The van der Waals surface area contributed by atoms with Gasteiger partial charge in [-0.25, -0.2) is 0 Å². The molecule has 0 atom stereocenters. The molecule has 0 saturated carbocycles. The number of fused-ring (bicyclic) bond motifs is 2. The van der Waals surface area contributed by atoms with E-state index in [9.17, 15) is 4.79 Å². The van der Waals surface area contributed by atoms with E-state index >= 15 is 0 Å².